The molecule has 0 spiro atoms. The van der Waals surface area contributed by atoms with E-state index in [0.29, 0.717) is 36.6 Å². The van der Waals surface area contributed by atoms with E-state index in [0.717, 1.165) is 36.6 Å². The Balaban J connectivity index is 1.47. The maximum atomic E-state index is 12.1. The largest absolute Gasteiger partial charge is 0.481 e. The minimum atomic E-state index is 0.0311. The Hall–Kier alpha value is -2.42. The van der Waals surface area contributed by atoms with Crippen LogP contribution < -0.4 is 19.7 Å². The fraction of sp³-hybridized carbons (Fsp3) is 0.556. The average molecular weight is 391 g/mol. The van der Waals surface area contributed by atoms with E-state index in [1.807, 2.05) is 12.3 Å². The molecule has 2 aromatic heterocycles. The minimum Gasteiger partial charge on any atom is -0.481 e. The van der Waals surface area contributed by atoms with Crippen LogP contribution in [0, 0.1) is 12.8 Å². The van der Waals surface area contributed by atoms with Crippen molar-refractivity contribution in [3.05, 3.63) is 22.1 Å². The number of nitrogens with one attached hydrogen (secondary N) is 1. The summed E-state index contributed by atoms with van der Waals surface area (Å²) in [5.41, 5.74) is 0.842. The van der Waals surface area contributed by atoms with E-state index in [4.69, 9.17) is 9.47 Å². The number of anilines is 1. The Labute approximate surface area is 162 Å². The molecule has 0 bridgehead atoms. The third kappa shape index (κ3) is 5.29. The van der Waals surface area contributed by atoms with Gasteiger partial charge in [0.05, 0.1) is 37.4 Å². The molecule has 27 heavy (non-hydrogen) atoms. The number of carbonyl (C=O) groups is 1. The topological polar surface area (TPSA) is 89.5 Å². The number of thiazole rings is 1. The summed E-state index contributed by atoms with van der Waals surface area (Å²) in [6.45, 7) is 4.31. The summed E-state index contributed by atoms with van der Waals surface area (Å²) in [6, 6.07) is 1.66. The first kappa shape index (κ1) is 19.3. The number of piperidine rings is 1. The molecule has 0 saturated carbocycles. The van der Waals surface area contributed by atoms with Gasteiger partial charge in [0.2, 0.25) is 23.6 Å². The fourth-order valence-corrected chi connectivity index (χ4v) is 3.67. The van der Waals surface area contributed by atoms with Gasteiger partial charge < -0.3 is 19.7 Å². The van der Waals surface area contributed by atoms with Crippen molar-refractivity contribution in [3.63, 3.8) is 0 Å². The number of ether oxygens (including phenoxy) is 2. The molecule has 1 amide bonds. The van der Waals surface area contributed by atoms with E-state index in [2.05, 4.69) is 25.2 Å². The van der Waals surface area contributed by atoms with Gasteiger partial charge in [-0.15, -0.1) is 11.3 Å². The molecular formula is C18H25N5O3S. The number of aromatic nitrogens is 3. The molecule has 2 aromatic rings. The predicted octanol–water partition coefficient (Wildman–Crippen LogP) is 1.83. The summed E-state index contributed by atoms with van der Waals surface area (Å²) in [7, 11) is 3.15. The highest BCUT2D eigenvalue weighted by Gasteiger charge is 2.22. The molecular weight excluding hydrogens is 366 g/mol. The van der Waals surface area contributed by atoms with Crippen molar-refractivity contribution >= 4 is 23.2 Å². The van der Waals surface area contributed by atoms with Crippen LogP contribution >= 0.6 is 11.3 Å². The van der Waals surface area contributed by atoms with Crippen molar-refractivity contribution in [2.24, 2.45) is 5.92 Å². The summed E-state index contributed by atoms with van der Waals surface area (Å²) >= 11 is 1.57. The number of carbonyl (C=O) groups excluding carboxylic acids is 1. The molecule has 0 radical (unpaired) electrons. The van der Waals surface area contributed by atoms with Gasteiger partial charge in [0.15, 0.2) is 0 Å². The number of methoxy groups -OCH3 is 2. The van der Waals surface area contributed by atoms with Crippen molar-refractivity contribution < 1.29 is 14.3 Å². The van der Waals surface area contributed by atoms with Gasteiger partial charge >= 0.3 is 0 Å². The van der Waals surface area contributed by atoms with E-state index < -0.39 is 0 Å². The van der Waals surface area contributed by atoms with Crippen LogP contribution in [-0.2, 0) is 11.2 Å². The third-order valence-corrected chi connectivity index (χ3v) is 5.40. The molecule has 3 rings (SSSR count). The van der Waals surface area contributed by atoms with E-state index in [1.165, 1.54) is 0 Å². The fourth-order valence-electron chi connectivity index (χ4n) is 3.05. The van der Waals surface area contributed by atoms with Gasteiger partial charge in [-0.25, -0.2) is 4.98 Å². The van der Waals surface area contributed by atoms with E-state index >= 15 is 0 Å². The van der Waals surface area contributed by atoms with Crippen molar-refractivity contribution in [2.75, 3.05) is 38.8 Å². The zero-order valence-corrected chi connectivity index (χ0v) is 16.7. The van der Waals surface area contributed by atoms with Crippen molar-refractivity contribution in [1.29, 1.82) is 0 Å². The lowest BCUT2D eigenvalue weighted by atomic mass is 9.97. The predicted molar refractivity (Wildman–Crippen MR) is 104 cm³/mol. The monoisotopic (exact) mass is 391 g/mol. The molecule has 9 heteroatoms. The van der Waals surface area contributed by atoms with Crippen molar-refractivity contribution in [2.45, 2.75) is 26.2 Å². The van der Waals surface area contributed by atoms with Crippen LogP contribution in [0.4, 0.5) is 5.95 Å². The minimum absolute atomic E-state index is 0.0311. The molecule has 0 aliphatic carbocycles. The van der Waals surface area contributed by atoms with Gasteiger partial charge in [-0.2, -0.15) is 9.97 Å². The van der Waals surface area contributed by atoms with Crippen LogP contribution in [-0.4, -0.2) is 54.7 Å². The Morgan fingerprint density at radius 3 is 2.44 bits per heavy atom. The molecule has 1 N–H and O–H groups in total. The van der Waals surface area contributed by atoms with Crippen LogP contribution in [0.1, 0.15) is 23.5 Å². The summed E-state index contributed by atoms with van der Waals surface area (Å²) in [6.07, 6.45) is 2.29. The standard InChI is InChI=1S/C18H25N5O3S/c1-12-20-14(11-27-12)8-15(24)19-10-13-4-6-23(7-5-13)18-21-16(25-2)9-17(22-18)26-3/h9,11,13H,4-8,10H2,1-3H3,(H,19,24). The Kier molecular flexibility index (Phi) is 6.44. The Morgan fingerprint density at radius 1 is 1.22 bits per heavy atom. The second-order valence-corrected chi connectivity index (χ2v) is 7.58. The lowest BCUT2D eigenvalue weighted by molar-refractivity contribution is -0.120. The van der Waals surface area contributed by atoms with Gasteiger partial charge in [-0.05, 0) is 25.7 Å². The van der Waals surface area contributed by atoms with Gasteiger partial charge in [0.25, 0.3) is 0 Å². The number of nitrogens with zero attached hydrogens (tertiary/aromatic N) is 4. The van der Waals surface area contributed by atoms with Crippen molar-refractivity contribution in [3.8, 4) is 11.8 Å². The first-order valence-electron chi connectivity index (χ1n) is 8.97. The zero-order chi connectivity index (χ0) is 19.2. The molecule has 146 valence electrons. The number of hydrogen-bond acceptors (Lipinski definition) is 8. The molecule has 0 unspecified atom stereocenters. The first-order valence-corrected chi connectivity index (χ1v) is 9.85. The lowest BCUT2D eigenvalue weighted by Crippen LogP contribution is -2.39. The lowest BCUT2D eigenvalue weighted by Gasteiger charge is -2.32. The number of amides is 1. The highest BCUT2D eigenvalue weighted by Crippen LogP contribution is 2.24. The zero-order valence-electron chi connectivity index (χ0n) is 15.9. The second-order valence-electron chi connectivity index (χ2n) is 6.52. The maximum Gasteiger partial charge on any atom is 0.231 e. The quantitative estimate of drug-likeness (QED) is 0.770. The number of rotatable bonds is 7. The molecule has 1 aliphatic heterocycles. The van der Waals surface area contributed by atoms with Crippen LogP contribution in [0.25, 0.3) is 0 Å². The maximum absolute atomic E-state index is 12.1. The summed E-state index contributed by atoms with van der Waals surface area (Å²) in [4.78, 5) is 27.4. The molecule has 1 saturated heterocycles. The molecule has 1 aliphatic rings. The van der Waals surface area contributed by atoms with Gasteiger partial charge in [0.1, 0.15) is 0 Å². The van der Waals surface area contributed by atoms with Crippen LogP contribution in [0.5, 0.6) is 11.8 Å². The first-order chi connectivity index (χ1) is 13.1. The molecule has 8 nitrogen and oxygen atoms in total. The van der Waals surface area contributed by atoms with Gasteiger partial charge in [-0.3, -0.25) is 4.79 Å². The molecule has 0 atom stereocenters. The van der Waals surface area contributed by atoms with Crippen LogP contribution in [0.2, 0.25) is 0 Å². The summed E-state index contributed by atoms with van der Waals surface area (Å²) in [5, 5.41) is 5.96. The Morgan fingerprint density at radius 2 is 1.89 bits per heavy atom. The van der Waals surface area contributed by atoms with E-state index in [9.17, 15) is 4.79 Å². The molecule has 0 aromatic carbocycles. The second kappa shape index (κ2) is 8.98. The van der Waals surface area contributed by atoms with Crippen LogP contribution in [0.15, 0.2) is 11.4 Å². The SMILES string of the molecule is COc1cc(OC)nc(N2CCC(CNC(=O)Cc3csc(C)n3)CC2)n1. The number of aryl methyl sites for hydroxylation is 1. The molecule has 1 fully saturated rings. The van der Waals surface area contributed by atoms with Crippen LogP contribution in [0.3, 0.4) is 0 Å². The van der Waals surface area contributed by atoms with Crippen molar-refractivity contribution in [1.82, 2.24) is 20.3 Å². The highest BCUT2D eigenvalue weighted by atomic mass is 32.1. The van der Waals surface area contributed by atoms with E-state index in [-0.39, 0.29) is 5.91 Å². The summed E-state index contributed by atoms with van der Waals surface area (Å²) < 4.78 is 10.4. The third-order valence-electron chi connectivity index (χ3n) is 4.58. The van der Waals surface area contributed by atoms with E-state index in [1.54, 1.807) is 31.6 Å². The smallest absolute Gasteiger partial charge is 0.231 e. The average Bonchev–Trinajstić information content (AvgIpc) is 3.10. The highest BCUT2D eigenvalue weighted by molar-refractivity contribution is 7.09. The summed E-state index contributed by atoms with van der Waals surface area (Å²) in [5.74, 6) is 2.08. The Bertz CT molecular complexity index is 752. The van der Waals surface area contributed by atoms with Gasteiger partial charge in [-0.1, -0.05) is 0 Å². The normalized spacial score (nSPS) is 14.9. The molecule has 3 heterocycles. The van der Waals surface area contributed by atoms with Gasteiger partial charge in [0, 0.05) is 25.0 Å². The number of hydrogen-bond donors (Lipinski definition) is 1.